The van der Waals surface area contributed by atoms with Gasteiger partial charge in [0.1, 0.15) is 0 Å². The number of allylic oxidation sites excluding steroid dienone is 1. The van der Waals surface area contributed by atoms with Crippen LogP contribution in [0.25, 0.3) is 0 Å². The second-order valence-electron chi connectivity index (χ2n) is 6.02. The van der Waals surface area contributed by atoms with Gasteiger partial charge in [-0.05, 0) is 44.4 Å². The van der Waals surface area contributed by atoms with Crippen molar-refractivity contribution in [3.8, 4) is 0 Å². The van der Waals surface area contributed by atoms with E-state index >= 15 is 0 Å². The molecule has 0 aromatic heterocycles. The molecule has 3 rings (SSSR count). The summed E-state index contributed by atoms with van der Waals surface area (Å²) in [7, 11) is 0. The summed E-state index contributed by atoms with van der Waals surface area (Å²) in [5.74, 6) is 1.68. The summed E-state index contributed by atoms with van der Waals surface area (Å²) in [6, 6.07) is 1.46. The second-order valence-corrected chi connectivity index (χ2v) is 6.02. The molecule has 1 heterocycles. The molecule has 2 fully saturated rings. The Morgan fingerprint density at radius 3 is 2.88 bits per heavy atom. The maximum absolute atomic E-state index is 3.87. The molecule has 1 saturated heterocycles. The van der Waals surface area contributed by atoms with E-state index in [1.807, 2.05) is 0 Å². The summed E-state index contributed by atoms with van der Waals surface area (Å²) < 4.78 is 0. The lowest BCUT2D eigenvalue weighted by atomic mass is 9.66. The summed E-state index contributed by atoms with van der Waals surface area (Å²) >= 11 is 0. The van der Waals surface area contributed by atoms with Gasteiger partial charge in [0.15, 0.2) is 0 Å². The molecule has 0 spiro atoms. The molecular formula is C14H24N2. The fourth-order valence-corrected chi connectivity index (χ4v) is 4.00. The van der Waals surface area contributed by atoms with Gasteiger partial charge in [-0.15, -0.1) is 0 Å². The Bertz CT molecular complexity index is 299. The van der Waals surface area contributed by atoms with Gasteiger partial charge in [0.2, 0.25) is 0 Å². The Labute approximate surface area is 98.9 Å². The Morgan fingerprint density at radius 1 is 1.25 bits per heavy atom. The van der Waals surface area contributed by atoms with Crippen molar-refractivity contribution in [1.29, 1.82) is 0 Å². The zero-order valence-electron chi connectivity index (χ0n) is 10.5. The first-order valence-electron chi connectivity index (χ1n) is 6.94. The van der Waals surface area contributed by atoms with E-state index in [0.717, 1.165) is 17.9 Å². The van der Waals surface area contributed by atoms with Crippen LogP contribution in [0.3, 0.4) is 0 Å². The number of hydrogen-bond acceptors (Lipinski definition) is 2. The lowest BCUT2D eigenvalue weighted by Gasteiger charge is -2.54. The van der Waals surface area contributed by atoms with E-state index < -0.39 is 0 Å². The minimum atomic E-state index is 0.166. The van der Waals surface area contributed by atoms with Gasteiger partial charge < -0.3 is 0 Å². The van der Waals surface area contributed by atoms with E-state index in [0.29, 0.717) is 6.04 Å². The van der Waals surface area contributed by atoms with Crippen LogP contribution in [-0.4, -0.2) is 17.7 Å². The molecule has 3 aliphatic rings. The lowest BCUT2D eigenvalue weighted by molar-refractivity contribution is 0.0399. The highest BCUT2D eigenvalue weighted by Gasteiger charge is 2.46. The molecule has 0 radical (unpaired) electrons. The maximum atomic E-state index is 3.87. The van der Waals surface area contributed by atoms with E-state index in [4.69, 9.17) is 0 Å². The largest absolute Gasteiger partial charge is 0.296 e. The maximum Gasteiger partial charge on any atom is 0.0660 e. The molecule has 0 aromatic carbocycles. The van der Waals surface area contributed by atoms with Crippen molar-refractivity contribution >= 4 is 0 Å². The summed E-state index contributed by atoms with van der Waals surface area (Å²) in [5.41, 5.74) is 0.166. The second kappa shape index (κ2) is 3.85. The average Bonchev–Trinajstić information content (AvgIpc) is 2.29. The first-order chi connectivity index (χ1) is 7.72. The topological polar surface area (TPSA) is 24.1 Å². The van der Waals surface area contributed by atoms with Crippen molar-refractivity contribution in [2.45, 2.75) is 63.7 Å². The van der Waals surface area contributed by atoms with E-state index in [9.17, 15) is 0 Å². The average molecular weight is 220 g/mol. The molecule has 1 saturated carbocycles. The van der Waals surface area contributed by atoms with Crippen LogP contribution in [0.5, 0.6) is 0 Å². The molecule has 2 aliphatic carbocycles. The van der Waals surface area contributed by atoms with Gasteiger partial charge >= 0.3 is 0 Å². The van der Waals surface area contributed by atoms with Crippen LogP contribution in [0, 0.1) is 11.8 Å². The van der Waals surface area contributed by atoms with Gasteiger partial charge in [0.05, 0.1) is 5.66 Å². The van der Waals surface area contributed by atoms with Crippen molar-refractivity contribution in [2.75, 3.05) is 0 Å². The Hall–Kier alpha value is -0.340. The van der Waals surface area contributed by atoms with Gasteiger partial charge in [0, 0.05) is 12.1 Å². The van der Waals surface area contributed by atoms with Crippen molar-refractivity contribution in [3.63, 3.8) is 0 Å². The normalized spacial score (nSPS) is 51.1. The predicted molar refractivity (Wildman–Crippen MR) is 67.1 cm³/mol. The highest BCUT2D eigenvalue weighted by molar-refractivity contribution is 5.12. The molecule has 2 nitrogen and oxygen atoms in total. The van der Waals surface area contributed by atoms with Gasteiger partial charge in [-0.25, -0.2) is 0 Å². The fraction of sp³-hybridized carbons (Fsp3) is 0.857. The molecule has 2 heteroatoms. The van der Waals surface area contributed by atoms with Crippen LogP contribution in [0.4, 0.5) is 0 Å². The van der Waals surface area contributed by atoms with Crippen LogP contribution in [-0.2, 0) is 0 Å². The molecule has 2 N–H and O–H groups in total. The molecule has 0 amide bonds. The minimum Gasteiger partial charge on any atom is -0.296 e. The summed E-state index contributed by atoms with van der Waals surface area (Å²) in [6.45, 7) is 4.60. The third-order valence-electron chi connectivity index (χ3n) is 4.96. The first kappa shape index (κ1) is 10.8. The SMILES string of the molecule is CCC1(C)NC2CC=CC3CCCC(N1)C32. The quantitative estimate of drug-likeness (QED) is 0.663. The number of hydrogen-bond donors (Lipinski definition) is 2. The number of rotatable bonds is 1. The highest BCUT2D eigenvalue weighted by Crippen LogP contribution is 2.41. The van der Waals surface area contributed by atoms with E-state index in [2.05, 4.69) is 36.6 Å². The van der Waals surface area contributed by atoms with Gasteiger partial charge in [-0.2, -0.15) is 0 Å². The van der Waals surface area contributed by atoms with E-state index in [1.165, 1.54) is 32.1 Å². The van der Waals surface area contributed by atoms with Gasteiger partial charge in [-0.1, -0.05) is 25.5 Å². The Kier molecular flexibility index (Phi) is 2.60. The zero-order chi connectivity index (χ0) is 11.2. The van der Waals surface area contributed by atoms with Crippen molar-refractivity contribution in [3.05, 3.63) is 12.2 Å². The van der Waals surface area contributed by atoms with E-state index in [1.54, 1.807) is 0 Å². The van der Waals surface area contributed by atoms with E-state index in [-0.39, 0.29) is 5.66 Å². The summed E-state index contributed by atoms with van der Waals surface area (Å²) in [6.07, 6.45) is 11.5. The summed E-state index contributed by atoms with van der Waals surface area (Å²) in [5, 5.41) is 7.71. The smallest absolute Gasteiger partial charge is 0.0660 e. The Morgan fingerprint density at radius 2 is 2.06 bits per heavy atom. The van der Waals surface area contributed by atoms with Crippen LogP contribution >= 0.6 is 0 Å². The zero-order valence-corrected chi connectivity index (χ0v) is 10.5. The van der Waals surface area contributed by atoms with Crippen LogP contribution in [0.2, 0.25) is 0 Å². The van der Waals surface area contributed by atoms with Crippen molar-refractivity contribution in [2.24, 2.45) is 11.8 Å². The summed E-state index contributed by atoms with van der Waals surface area (Å²) in [4.78, 5) is 0. The monoisotopic (exact) mass is 220 g/mol. The van der Waals surface area contributed by atoms with Crippen LogP contribution < -0.4 is 10.6 Å². The van der Waals surface area contributed by atoms with Crippen LogP contribution in [0.15, 0.2) is 12.2 Å². The van der Waals surface area contributed by atoms with Gasteiger partial charge in [0.25, 0.3) is 0 Å². The third-order valence-corrected chi connectivity index (χ3v) is 4.96. The lowest BCUT2D eigenvalue weighted by Crippen LogP contribution is -2.71. The molecule has 5 unspecified atom stereocenters. The predicted octanol–water partition coefficient (Wildman–Crippen LogP) is 2.42. The molecule has 16 heavy (non-hydrogen) atoms. The molecule has 0 aromatic rings. The Balaban J connectivity index is 1.87. The molecular weight excluding hydrogens is 196 g/mol. The van der Waals surface area contributed by atoms with Gasteiger partial charge in [-0.3, -0.25) is 10.6 Å². The third kappa shape index (κ3) is 1.63. The highest BCUT2D eigenvalue weighted by atomic mass is 15.2. The number of nitrogens with one attached hydrogen (secondary N) is 2. The van der Waals surface area contributed by atoms with Crippen molar-refractivity contribution in [1.82, 2.24) is 10.6 Å². The fourth-order valence-electron chi connectivity index (χ4n) is 4.00. The molecule has 5 atom stereocenters. The minimum absolute atomic E-state index is 0.166. The first-order valence-corrected chi connectivity index (χ1v) is 6.94. The molecule has 1 aliphatic heterocycles. The molecule has 90 valence electrons. The van der Waals surface area contributed by atoms with Crippen molar-refractivity contribution < 1.29 is 0 Å². The molecule has 0 bridgehead atoms. The standard InChI is InChI=1S/C14H24N2/c1-3-14(2)15-11-8-4-6-10-7-5-9-12(16-14)13(10)11/h4,6,10-13,15-16H,3,5,7-9H2,1-2H3. The van der Waals surface area contributed by atoms with Crippen LogP contribution in [0.1, 0.15) is 46.0 Å².